The first-order chi connectivity index (χ1) is 17.5. The lowest BCUT2D eigenvalue weighted by atomic mass is 9.87. The first-order valence-corrected chi connectivity index (χ1v) is 12.6. The summed E-state index contributed by atoms with van der Waals surface area (Å²) in [6.07, 6.45) is 8.40. The predicted molar refractivity (Wildman–Crippen MR) is 135 cm³/mol. The predicted octanol–water partition coefficient (Wildman–Crippen LogP) is 4.04. The van der Waals surface area contributed by atoms with Crippen LogP contribution in [0.3, 0.4) is 0 Å². The van der Waals surface area contributed by atoms with Crippen molar-refractivity contribution >= 4 is 11.8 Å². The molecule has 0 amide bonds. The first kappa shape index (κ1) is 25.5. The number of nitrogens with zero attached hydrogens (tertiary/aromatic N) is 6. The molecule has 36 heavy (non-hydrogen) atoms. The maximum absolute atomic E-state index is 12.0. The summed E-state index contributed by atoms with van der Waals surface area (Å²) in [6, 6.07) is 5.87. The van der Waals surface area contributed by atoms with Crippen LogP contribution in [0.5, 0.6) is 5.75 Å². The van der Waals surface area contributed by atoms with Gasteiger partial charge in [-0.1, -0.05) is 18.6 Å². The summed E-state index contributed by atoms with van der Waals surface area (Å²) in [5, 5.41) is 20.3. The van der Waals surface area contributed by atoms with Crippen molar-refractivity contribution in [2.75, 3.05) is 12.4 Å². The normalized spacial score (nSPS) is 17.6. The number of aryl methyl sites for hydroxylation is 3. The van der Waals surface area contributed by atoms with Gasteiger partial charge in [-0.15, -0.1) is 10.2 Å². The Labute approximate surface area is 211 Å². The van der Waals surface area contributed by atoms with Crippen LogP contribution in [0.2, 0.25) is 0 Å². The smallest absolute Gasteiger partial charge is 0.308 e. The molecule has 192 valence electrons. The number of hydrogen-bond acceptors (Lipinski definition) is 9. The molecule has 0 unspecified atom stereocenters. The lowest BCUT2D eigenvalue weighted by Crippen LogP contribution is -2.30. The van der Waals surface area contributed by atoms with Gasteiger partial charge in [-0.2, -0.15) is 5.10 Å². The van der Waals surface area contributed by atoms with Crippen LogP contribution < -0.4 is 10.1 Å². The number of ether oxygens (including phenoxy) is 2. The summed E-state index contributed by atoms with van der Waals surface area (Å²) in [6.45, 7) is 4.58. The Kier molecular flexibility index (Phi) is 8.45. The van der Waals surface area contributed by atoms with Crippen LogP contribution in [-0.2, 0) is 29.5 Å². The highest BCUT2D eigenvalue weighted by atomic mass is 16.5. The molecule has 1 aliphatic carbocycles. The number of methoxy groups -OCH3 is 1. The molecule has 10 heteroatoms. The Balaban J connectivity index is 1.44. The highest BCUT2D eigenvalue weighted by molar-refractivity contribution is 5.72. The Morgan fingerprint density at radius 1 is 1.25 bits per heavy atom. The number of anilines is 1. The highest BCUT2D eigenvalue weighted by Crippen LogP contribution is 2.31. The second-order valence-electron chi connectivity index (χ2n) is 9.32. The molecule has 0 spiro atoms. The third-order valence-electron chi connectivity index (χ3n) is 6.64. The first-order valence-electron chi connectivity index (χ1n) is 12.6. The van der Waals surface area contributed by atoms with E-state index in [1.165, 1.54) is 12.7 Å². The molecule has 3 aromatic rings. The van der Waals surface area contributed by atoms with Crippen molar-refractivity contribution in [2.45, 2.75) is 71.4 Å². The van der Waals surface area contributed by atoms with Crippen molar-refractivity contribution < 1.29 is 14.3 Å². The highest BCUT2D eigenvalue weighted by Gasteiger charge is 2.29. The topological polar surface area (TPSA) is 117 Å². The van der Waals surface area contributed by atoms with Gasteiger partial charge in [0.15, 0.2) is 0 Å². The zero-order valence-corrected chi connectivity index (χ0v) is 21.5. The summed E-state index contributed by atoms with van der Waals surface area (Å²) in [4.78, 5) is 16.7. The Morgan fingerprint density at radius 3 is 2.89 bits per heavy atom. The molecule has 0 aromatic carbocycles. The zero-order chi connectivity index (χ0) is 25.5. The minimum Gasteiger partial charge on any atom is -0.489 e. The van der Waals surface area contributed by atoms with Gasteiger partial charge < -0.3 is 14.8 Å². The van der Waals surface area contributed by atoms with Gasteiger partial charge >= 0.3 is 5.97 Å². The summed E-state index contributed by atoms with van der Waals surface area (Å²) in [5.74, 6) is 1.18. The Hall–Kier alpha value is -3.56. The van der Waals surface area contributed by atoms with Gasteiger partial charge in [-0.3, -0.25) is 4.79 Å². The number of nitrogens with one attached hydrogen (secondary N) is 1. The summed E-state index contributed by atoms with van der Waals surface area (Å²) >= 11 is 0. The van der Waals surface area contributed by atoms with Crippen molar-refractivity contribution in [3.8, 4) is 17.1 Å². The quantitative estimate of drug-likeness (QED) is 0.418. The van der Waals surface area contributed by atoms with Crippen LogP contribution in [0.25, 0.3) is 11.4 Å². The number of carbonyl (C=O) groups excluding carboxylic acids is 1. The number of rotatable bonds is 10. The van der Waals surface area contributed by atoms with Crippen LogP contribution >= 0.6 is 0 Å². The van der Waals surface area contributed by atoms with E-state index in [9.17, 15) is 4.79 Å². The van der Waals surface area contributed by atoms with Crippen molar-refractivity contribution in [3.63, 3.8) is 0 Å². The van der Waals surface area contributed by atoms with Gasteiger partial charge in [0.25, 0.3) is 0 Å². The van der Waals surface area contributed by atoms with E-state index >= 15 is 0 Å². The average Bonchev–Trinajstić information content (AvgIpc) is 3.27. The standard InChI is InChI=1S/C26H35N7O3/c1-5-6-8-18-13-24(30-28-15-18)27-16-22-25(31-32-33(22)3)21-11-12-23(17(2)29-21)36-20-10-7-9-19(14-20)26(34)35-4/h11-13,15,19-20H,5-10,14,16H2,1-4H3,(H,27,30)/t19-,20-/m0/s1. The molecule has 1 N–H and O–H groups in total. The maximum atomic E-state index is 12.0. The fourth-order valence-corrected chi connectivity index (χ4v) is 4.58. The lowest BCUT2D eigenvalue weighted by molar-refractivity contribution is -0.147. The molecule has 0 bridgehead atoms. The van der Waals surface area contributed by atoms with Crippen LogP contribution in [0.4, 0.5) is 5.82 Å². The van der Waals surface area contributed by atoms with E-state index in [2.05, 4.69) is 32.7 Å². The third-order valence-corrected chi connectivity index (χ3v) is 6.64. The molecular formula is C26H35N7O3. The van der Waals surface area contributed by atoms with Gasteiger partial charge in [-0.25, -0.2) is 9.67 Å². The van der Waals surface area contributed by atoms with E-state index < -0.39 is 0 Å². The molecule has 0 aliphatic heterocycles. The molecule has 10 nitrogen and oxygen atoms in total. The van der Waals surface area contributed by atoms with Gasteiger partial charge in [0.05, 0.1) is 49.0 Å². The van der Waals surface area contributed by atoms with E-state index in [1.54, 1.807) is 4.68 Å². The number of carbonyl (C=O) groups is 1. The molecule has 0 radical (unpaired) electrons. The molecule has 2 atom stereocenters. The van der Waals surface area contributed by atoms with Crippen molar-refractivity contribution in [1.82, 2.24) is 30.2 Å². The number of unbranched alkanes of at least 4 members (excludes halogenated alkanes) is 1. The fourth-order valence-electron chi connectivity index (χ4n) is 4.58. The minimum absolute atomic E-state index is 0.0281. The molecule has 0 saturated heterocycles. The zero-order valence-electron chi connectivity index (χ0n) is 21.5. The molecule has 1 fully saturated rings. The third kappa shape index (κ3) is 6.16. The Morgan fingerprint density at radius 2 is 2.11 bits per heavy atom. The van der Waals surface area contributed by atoms with Crippen LogP contribution in [0.1, 0.15) is 62.4 Å². The van der Waals surface area contributed by atoms with E-state index in [0.29, 0.717) is 18.7 Å². The monoisotopic (exact) mass is 493 g/mol. The number of aromatic nitrogens is 6. The number of hydrogen-bond donors (Lipinski definition) is 1. The maximum Gasteiger partial charge on any atom is 0.308 e. The van der Waals surface area contributed by atoms with E-state index in [1.807, 2.05) is 38.4 Å². The second kappa shape index (κ2) is 11.9. The summed E-state index contributed by atoms with van der Waals surface area (Å²) in [7, 11) is 3.30. The van der Waals surface area contributed by atoms with Crippen molar-refractivity contribution in [3.05, 3.63) is 41.3 Å². The van der Waals surface area contributed by atoms with E-state index in [0.717, 1.165) is 67.2 Å². The summed E-state index contributed by atoms with van der Waals surface area (Å²) in [5.41, 5.74) is 4.26. The van der Waals surface area contributed by atoms with E-state index in [4.69, 9.17) is 14.5 Å². The average molecular weight is 494 g/mol. The Bertz CT molecular complexity index is 1180. The number of pyridine rings is 1. The van der Waals surface area contributed by atoms with Gasteiger partial charge in [0.2, 0.25) is 0 Å². The molecule has 1 saturated carbocycles. The molecular weight excluding hydrogens is 458 g/mol. The number of esters is 1. The van der Waals surface area contributed by atoms with Gasteiger partial charge in [0, 0.05) is 7.05 Å². The minimum atomic E-state index is -0.157. The molecule has 1 aliphatic rings. The second-order valence-corrected chi connectivity index (χ2v) is 9.32. The summed E-state index contributed by atoms with van der Waals surface area (Å²) < 4.78 is 12.9. The van der Waals surface area contributed by atoms with Gasteiger partial charge in [-0.05, 0) is 69.2 Å². The van der Waals surface area contributed by atoms with Crippen molar-refractivity contribution in [2.24, 2.45) is 13.0 Å². The molecule has 3 aromatic heterocycles. The van der Waals surface area contributed by atoms with Crippen LogP contribution in [0.15, 0.2) is 24.4 Å². The SMILES string of the molecule is CCCCc1cnnc(NCc2c(-c3ccc(O[C@H]4CCC[C@H](C(=O)OC)C4)c(C)n3)nnn2C)c1. The van der Waals surface area contributed by atoms with Crippen LogP contribution in [-0.4, -0.2) is 49.4 Å². The van der Waals surface area contributed by atoms with Gasteiger partial charge in [0.1, 0.15) is 17.3 Å². The van der Waals surface area contributed by atoms with E-state index in [-0.39, 0.29) is 18.0 Å². The fraction of sp³-hybridized carbons (Fsp3) is 0.538. The van der Waals surface area contributed by atoms with Crippen LogP contribution in [0, 0.1) is 12.8 Å². The largest absolute Gasteiger partial charge is 0.489 e. The molecule has 4 rings (SSSR count). The van der Waals surface area contributed by atoms with Crippen molar-refractivity contribution in [1.29, 1.82) is 0 Å². The molecule has 3 heterocycles. The lowest BCUT2D eigenvalue weighted by Gasteiger charge is -2.28.